The maximum Gasteiger partial charge on any atom is 0.305 e. The van der Waals surface area contributed by atoms with Crippen molar-refractivity contribution in [3.05, 3.63) is 77.4 Å². The normalized spacial score (nSPS) is 11.5. The molecule has 1 N–H and O–H groups in total. The first-order valence-electron chi connectivity index (χ1n) is 11.0. The second-order valence-corrected chi connectivity index (χ2v) is 7.83. The summed E-state index contributed by atoms with van der Waals surface area (Å²) in [6, 6.07) is 21.3. The summed E-state index contributed by atoms with van der Waals surface area (Å²) < 4.78 is 9.96. The molecule has 0 aliphatic rings. The molecule has 0 aromatic heterocycles. The molecule has 0 aliphatic heterocycles. The predicted molar refractivity (Wildman–Crippen MR) is 128 cm³/mol. The molecular formula is C27H28N2O4. The first-order valence-corrected chi connectivity index (χ1v) is 11.0. The van der Waals surface area contributed by atoms with Crippen LogP contribution >= 0.6 is 0 Å². The molecule has 3 aromatic rings. The molecule has 0 bridgehead atoms. The average molecular weight is 445 g/mol. The Kier molecular flexibility index (Phi) is 8.56. The van der Waals surface area contributed by atoms with Gasteiger partial charge in [-0.1, -0.05) is 48.5 Å². The van der Waals surface area contributed by atoms with E-state index in [9.17, 15) is 14.9 Å². The number of nitrogens with zero attached hydrogens (tertiary/aromatic N) is 1. The van der Waals surface area contributed by atoms with Gasteiger partial charge in [-0.15, -0.1) is 0 Å². The number of nitriles is 1. The monoisotopic (exact) mass is 444 g/mol. The van der Waals surface area contributed by atoms with Crippen LogP contribution in [0.1, 0.15) is 42.4 Å². The molecule has 0 saturated carbocycles. The van der Waals surface area contributed by atoms with E-state index in [1.54, 1.807) is 19.2 Å². The Morgan fingerprint density at radius 1 is 1.06 bits per heavy atom. The Bertz CT molecular complexity index is 1160. The van der Waals surface area contributed by atoms with E-state index in [2.05, 4.69) is 11.4 Å². The Morgan fingerprint density at radius 2 is 1.85 bits per heavy atom. The number of amides is 1. The SMILES string of the molecule is COCCOC(=O)CCCc1ccc(C#N)cc1NC(=O)C(C)c1cccc2ccccc12. The number of carbonyl (C=O) groups excluding carboxylic acids is 2. The minimum atomic E-state index is -0.384. The van der Waals surface area contributed by atoms with E-state index in [1.165, 1.54) is 0 Å². The number of ether oxygens (including phenoxy) is 2. The number of methoxy groups -OCH3 is 1. The van der Waals surface area contributed by atoms with Crippen LogP contribution in [0.15, 0.2) is 60.7 Å². The summed E-state index contributed by atoms with van der Waals surface area (Å²) in [5.74, 6) is -0.817. The molecule has 0 spiro atoms. The van der Waals surface area contributed by atoms with Gasteiger partial charge in [-0.05, 0) is 53.8 Å². The smallest absolute Gasteiger partial charge is 0.305 e. The maximum absolute atomic E-state index is 13.2. The van der Waals surface area contributed by atoms with Crippen LogP contribution in [-0.2, 0) is 25.5 Å². The summed E-state index contributed by atoms with van der Waals surface area (Å²) in [6.45, 7) is 2.48. The predicted octanol–water partition coefficient (Wildman–Crippen LogP) is 4.97. The lowest BCUT2D eigenvalue weighted by Crippen LogP contribution is -2.20. The van der Waals surface area contributed by atoms with Gasteiger partial charge in [0.25, 0.3) is 0 Å². The molecule has 170 valence electrons. The van der Waals surface area contributed by atoms with Gasteiger partial charge in [0.15, 0.2) is 0 Å². The lowest BCUT2D eigenvalue weighted by Gasteiger charge is -2.17. The molecule has 0 aliphatic carbocycles. The van der Waals surface area contributed by atoms with E-state index in [4.69, 9.17) is 9.47 Å². The zero-order valence-corrected chi connectivity index (χ0v) is 19.0. The number of benzene rings is 3. The van der Waals surface area contributed by atoms with Crippen LogP contribution in [-0.4, -0.2) is 32.2 Å². The summed E-state index contributed by atoms with van der Waals surface area (Å²) in [7, 11) is 1.55. The first-order chi connectivity index (χ1) is 16.0. The van der Waals surface area contributed by atoms with E-state index < -0.39 is 0 Å². The minimum absolute atomic E-state index is 0.151. The molecule has 6 heteroatoms. The summed E-state index contributed by atoms with van der Waals surface area (Å²) in [5, 5.41) is 14.4. The number of rotatable bonds is 10. The second-order valence-electron chi connectivity index (χ2n) is 7.83. The number of anilines is 1. The third-order valence-electron chi connectivity index (χ3n) is 5.56. The van der Waals surface area contributed by atoms with Gasteiger partial charge in [-0.25, -0.2) is 0 Å². The number of nitrogens with one attached hydrogen (secondary N) is 1. The Labute approximate surface area is 194 Å². The van der Waals surface area contributed by atoms with E-state index in [0.717, 1.165) is 21.9 Å². The van der Waals surface area contributed by atoms with Gasteiger partial charge < -0.3 is 14.8 Å². The average Bonchev–Trinajstić information content (AvgIpc) is 2.84. The number of hydrogen-bond donors (Lipinski definition) is 1. The fourth-order valence-corrected chi connectivity index (χ4v) is 3.72. The standard InChI is InChI=1S/C27H28N2O4/c1-19(23-11-5-8-21-7-3-4-10-24(21)23)27(31)29-25-17-20(18-28)13-14-22(25)9-6-12-26(30)33-16-15-32-2/h3-5,7-8,10-11,13-14,17,19H,6,9,12,15-16H2,1-2H3,(H,29,31). The molecule has 1 atom stereocenters. The molecular weight excluding hydrogens is 416 g/mol. The molecule has 1 amide bonds. The molecule has 0 heterocycles. The van der Waals surface area contributed by atoms with Gasteiger partial charge in [-0.2, -0.15) is 5.26 Å². The Morgan fingerprint density at radius 3 is 2.64 bits per heavy atom. The molecule has 0 radical (unpaired) electrons. The minimum Gasteiger partial charge on any atom is -0.463 e. The van der Waals surface area contributed by atoms with Crippen LogP contribution in [0.25, 0.3) is 10.8 Å². The van der Waals surface area contributed by atoms with Crippen LogP contribution in [0, 0.1) is 11.3 Å². The van der Waals surface area contributed by atoms with E-state index >= 15 is 0 Å². The molecule has 0 fully saturated rings. The van der Waals surface area contributed by atoms with Crippen molar-refractivity contribution in [3.8, 4) is 6.07 Å². The van der Waals surface area contributed by atoms with Crippen LogP contribution in [0.5, 0.6) is 0 Å². The highest BCUT2D eigenvalue weighted by atomic mass is 16.6. The van der Waals surface area contributed by atoms with Gasteiger partial charge in [-0.3, -0.25) is 9.59 Å². The van der Waals surface area contributed by atoms with Gasteiger partial charge in [0, 0.05) is 19.2 Å². The van der Waals surface area contributed by atoms with Crippen molar-refractivity contribution in [1.29, 1.82) is 5.26 Å². The third kappa shape index (κ3) is 6.41. The van der Waals surface area contributed by atoms with Crippen LogP contribution in [0.3, 0.4) is 0 Å². The van der Waals surface area contributed by atoms with Crippen molar-refractivity contribution < 1.29 is 19.1 Å². The van der Waals surface area contributed by atoms with Crippen molar-refractivity contribution in [2.75, 3.05) is 25.6 Å². The lowest BCUT2D eigenvalue weighted by atomic mass is 9.94. The molecule has 33 heavy (non-hydrogen) atoms. The largest absolute Gasteiger partial charge is 0.463 e. The van der Waals surface area contributed by atoms with E-state index in [0.29, 0.717) is 30.7 Å². The molecule has 3 aromatic carbocycles. The number of hydrogen-bond acceptors (Lipinski definition) is 5. The maximum atomic E-state index is 13.2. The van der Waals surface area contributed by atoms with Crippen molar-refractivity contribution in [2.24, 2.45) is 0 Å². The van der Waals surface area contributed by atoms with Gasteiger partial charge in [0.1, 0.15) is 6.61 Å². The highest BCUT2D eigenvalue weighted by molar-refractivity contribution is 5.99. The summed E-state index contributed by atoms with van der Waals surface area (Å²) in [4.78, 5) is 25.0. The van der Waals surface area contributed by atoms with E-state index in [-0.39, 0.29) is 30.8 Å². The number of aryl methyl sites for hydroxylation is 1. The topological polar surface area (TPSA) is 88.4 Å². The highest BCUT2D eigenvalue weighted by Gasteiger charge is 2.19. The summed E-state index contributed by atoms with van der Waals surface area (Å²) in [6.07, 6.45) is 1.41. The number of fused-ring (bicyclic) bond motifs is 1. The quantitative estimate of drug-likeness (QED) is 0.352. The van der Waals surface area contributed by atoms with Crippen LogP contribution in [0.4, 0.5) is 5.69 Å². The lowest BCUT2D eigenvalue weighted by molar-refractivity contribution is -0.145. The fraction of sp³-hybridized carbons (Fsp3) is 0.296. The Balaban J connectivity index is 1.71. The molecule has 6 nitrogen and oxygen atoms in total. The van der Waals surface area contributed by atoms with Crippen molar-refractivity contribution in [3.63, 3.8) is 0 Å². The highest BCUT2D eigenvalue weighted by Crippen LogP contribution is 2.28. The van der Waals surface area contributed by atoms with E-state index in [1.807, 2.05) is 55.5 Å². The van der Waals surface area contributed by atoms with Gasteiger partial charge >= 0.3 is 5.97 Å². The third-order valence-corrected chi connectivity index (χ3v) is 5.56. The van der Waals surface area contributed by atoms with Crippen molar-refractivity contribution in [1.82, 2.24) is 0 Å². The molecule has 3 rings (SSSR count). The summed E-state index contributed by atoms with van der Waals surface area (Å²) in [5.41, 5.74) is 2.88. The first kappa shape index (κ1) is 24.0. The molecule has 0 saturated heterocycles. The van der Waals surface area contributed by atoms with Crippen molar-refractivity contribution in [2.45, 2.75) is 32.1 Å². The summed E-state index contributed by atoms with van der Waals surface area (Å²) >= 11 is 0. The van der Waals surface area contributed by atoms with Crippen molar-refractivity contribution >= 4 is 28.3 Å². The zero-order chi connectivity index (χ0) is 23.6. The van der Waals surface area contributed by atoms with Gasteiger partial charge in [0.2, 0.25) is 5.91 Å². The fourth-order valence-electron chi connectivity index (χ4n) is 3.72. The van der Waals surface area contributed by atoms with Gasteiger partial charge in [0.05, 0.1) is 24.2 Å². The van der Waals surface area contributed by atoms with Crippen LogP contribution < -0.4 is 5.32 Å². The van der Waals surface area contributed by atoms with Crippen LogP contribution in [0.2, 0.25) is 0 Å². The second kappa shape index (κ2) is 11.8. The molecule has 1 unspecified atom stereocenters. The zero-order valence-electron chi connectivity index (χ0n) is 19.0. The number of esters is 1. The number of carbonyl (C=O) groups is 2. The Hall–Kier alpha value is -3.69.